The maximum Gasteiger partial charge on any atom is 0.319 e. The summed E-state index contributed by atoms with van der Waals surface area (Å²) < 4.78 is 0. The van der Waals surface area contributed by atoms with Gasteiger partial charge in [0.05, 0.1) is 0 Å². The van der Waals surface area contributed by atoms with Crippen LogP contribution in [0.5, 0.6) is 0 Å². The van der Waals surface area contributed by atoms with Gasteiger partial charge in [-0.1, -0.05) is 20.8 Å². The molecule has 0 aromatic heterocycles. The first kappa shape index (κ1) is 11.3. The van der Waals surface area contributed by atoms with Crippen molar-refractivity contribution in [2.24, 2.45) is 5.92 Å². The van der Waals surface area contributed by atoms with E-state index < -0.39 is 0 Å². The van der Waals surface area contributed by atoms with E-state index in [1.54, 1.807) is 9.80 Å². The lowest BCUT2D eigenvalue weighted by Crippen LogP contribution is -2.49. The zero-order valence-corrected chi connectivity index (χ0v) is 8.79. The summed E-state index contributed by atoms with van der Waals surface area (Å²) in [5, 5.41) is 0. The second kappa shape index (κ2) is 5.01. The van der Waals surface area contributed by atoms with Crippen LogP contribution in [0.15, 0.2) is 0 Å². The Morgan fingerprint density at radius 2 is 1.50 bits per heavy atom. The van der Waals surface area contributed by atoms with Crippen LogP contribution in [0, 0.1) is 5.92 Å². The zero-order valence-electron chi connectivity index (χ0n) is 8.79. The van der Waals surface area contributed by atoms with Gasteiger partial charge < -0.3 is 9.80 Å². The van der Waals surface area contributed by atoms with E-state index in [-0.39, 0.29) is 6.03 Å². The molecule has 1 rings (SSSR count). The summed E-state index contributed by atoms with van der Waals surface area (Å²) >= 11 is 0. The molecule has 3 nitrogen and oxygen atoms in total. The molecule has 1 heterocycles. The number of carbonyl (C=O) groups excluding carboxylic acids is 1. The Morgan fingerprint density at radius 1 is 1.17 bits per heavy atom. The minimum Gasteiger partial charge on any atom is -0.327 e. The van der Waals surface area contributed by atoms with Gasteiger partial charge in [0.15, 0.2) is 0 Å². The van der Waals surface area contributed by atoms with E-state index in [0.717, 1.165) is 13.1 Å². The van der Waals surface area contributed by atoms with Crippen LogP contribution in [-0.4, -0.2) is 43.0 Å². The van der Waals surface area contributed by atoms with Crippen LogP contribution in [0.3, 0.4) is 0 Å². The van der Waals surface area contributed by atoms with Crippen LogP contribution in [0.25, 0.3) is 0 Å². The fraction of sp³-hybridized carbons (Fsp3) is 0.889. The summed E-state index contributed by atoms with van der Waals surface area (Å²) in [5.74, 6) is 0.604. The number of rotatable bonds is 0. The molecule has 0 radical (unpaired) electrons. The van der Waals surface area contributed by atoms with Gasteiger partial charge in [-0.3, -0.25) is 0 Å². The number of nitrogens with zero attached hydrogens (tertiary/aromatic N) is 2. The Hall–Kier alpha value is -0.730. The van der Waals surface area contributed by atoms with Crippen LogP contribution in [-0.2, 0) is 0 Å². The van der Waals surface area contributed by atoms with Crippen LogP contribution in [0.1, 0.15) is 20.8 Å². The minimum absolute atomic E-state index is 0.137. The third-order valence-electron chi connectivity index (χ3n) is 1.82. The topological polar surface area (TPSA) is 23.6 Å². The molecule has 1 fully saturated rings. The molecule has 0 spiro atoms. The molecule has 0 unspecified atom stereocenters. The molecule has 0 aromatic carbocycles. The fourth-order valence-electron chi connectivity index (χ4n) is 1.44. The molecule has 0 aliphatic carbocycles. The van der Waals surface area contributed by atoms with Crippen LogP contribution in [0.4, 0.5) is 4.79 Å². The zero-order chi connectivity index (χ0) is 9.72. The Kier molecular flexibility index (Phi) is 4.71. The van der Waals surface area contributed by atoms with Crippen LogP contribution in [0.2, 0.25) is 0 Å². The van der Waals surface area contributed by atoms with E-state index in [9.17, 15) is 4.79 Å². The standard InChI is InChI=1S/C7H14N2O.C2H6/c1-6-4-8(2)7(10)9(3)5-6;1-2/h6H,4-5H2,1-3H3;1-2H3. The number of hydrogen-bond acceptors (Lipinski definition) is 1. The summed E-state index contributed by atoms with van der Waals surface area (Å²) in [4.78, 5) is 14.6. The molecule has 0 bridgehead atoms. The van der Waals surface area contributed by atoms with Crippen molar-refractivity contribution in [2.75, 3.05) is 27.2 Å². The average Bonchev–Trinajstić information content (AvgIpc) is 2.04. The molecule has 72 valence electrons. The number of hydrogen-bond donors (Lipinski definition) is 0. The summed E-state index contributed by atoms with van der Waals surface area (Å²) in [6, 6.07) is 0.137. The summed E-state index contributed by atoms with van der Waals surface area (Å²) in [5.41, 5.74) is 0. The molecule has 1 aliphatic heterocycles. The van der Waals surface area contributed by atoms with Crippen molar-refractivity contribution in [3.05, 3.63) is 0 Å². The predicted octanol–water partition coefficient (Wildman–Crippen LogP) is 1.65. The molecule has 0 atom stereocenters. The van der Waals surface area contributed by atoms with E-state index >= 15 is 0 Å². The Balaban J connectivity index is 0.000000561. The predicted molar refractivity (Wildman–Crippen MR) is 51.2 cm³/mol. The second-order valence-corrected chi connectivity index (χ2v) is 3.15. The van der Waals surface area contributed by atoms with Crippen molar-refractivity contribution in [3.8, 4) is 0 Å². The second-order valence-electron chi connectivity index (χ2n) is 3.15. The lowest BCUT2D eigenvalue weighted by atomic mass is 10.1. The highest BCUT2D eigenvalue weighted by Gasteiger charge is 2.23. The van der Waals surface area contributed by atoms with Gasteiger partial charge in [0, 0.05) is 27.2 Å². The first-order chi connectivity index (χ1) is 5.61. The first-order valence-electron chi connectivity index (χ1n) is 4.57. The highest BCUT2D eigenvalue weighted by molar-refractivity contribution is 5.74. The third kappa shape index (κ3) is 2.72. The lowest BCUT2D eigenvalue weighted by Gasteiger charge is -2.34. The molecule has 12 heavy (non-hydrogen) atoms. The van der Waals surface area contributed by atoms with E-state index in [2.05, 4.69) is 6.92 Å². The van der Waals surface area contributed by atoms with Crippen molar-refractivity contribution in [1.82, 2.24) is 9.80 Å². The van der Waals surface area contributed by atoms with Gasteiger partial charge in [0.25, 0.3) is 0 Å². The van der Waals surface area contributed by atoms with Gasteiger partial charge in [0.1, 0.15) is 0 Å². The largest absolute Gasteiger partial charge is 0.327 e. The number of urea groups is 1. The van der Waals surface area contributed by atoms with Crippen LogP contribution >= 0.6 is 0 Å². The van der Waals surface area contributed by atoms with Gasteiger partial charge in [-0.2, -0.15) is 0 Å². The van der Waals surface area contributed by atoms with Crippen molar-refractivity contribution in [1.29, 1.82) is 0 Å². The fourth-order valence-corrected chi connectivity index (χ4v) is 1.44. The Bertz CT molecular complexity index is 133. The molecule has 2 amide bonds. The lowest BCUT2D eigenvalue weighted by molar-refractivity contribution is 0.133. The number of carbonyl (C=O) groups is 1. The van der Waals surface area contributed by atoms with Crippen molar-refractivity contribution < 1.29 is 4.79 Å². The normalized spacial score (nSPS) is 18.9. The van der Waals surface area contributed by atoms with E-state index in [1.807, 2.05) is 27.9 Å². The van der Waals surface area contributed by atoms with Gasteiger partial charge in [-0.25, -0.2) is 4.79 Å². The van der Waals surface area contributed by atoms with Gasteiger partial charge >= 0.3 is 6.03 Å². The van der Waals surface area contributed by atoms with Gasteiger partial charge in [0.2, 0.25) is 0 Å². The quantitative estimate of drug-likeness (QED) is 0.545. The summed E-state index contributed by atoms with van der Waals surface area (Å²) in [6.45, 7) is 7.94. The smallest absolute Gasteiger partial charge is 0.319 e. The maximum atomic E-state index is 11.1. The van der Waals surface area contributed by atoms with Gasteiger partial charge in [-0.05, 0) is 5.92 Å². The molecule has 1 saturated heterocycles. The molecular formula is C9H20N2O. The monoisotopic (exact) mass is 172 g/mol. The SMILES string of the molecule is CC.CC1CN(C)C(=O)N(C)C1. The highest BCUT2D eigenvalue weighted by atomic mass is 16.2. The van der Waals surface area contributed by atoms with Gasteiger partial charge in [-0.15, -0.1) is 0 Å². The third-order valence-corrected chi connectivity index (χ3v) is 1.82. The van der Waals surface area contributed by atoms with E-state index in [1.165, 1.54) is 0 Å². The molecule has 0 saturated carbocycles. The van der Waals surface area contributed by atoms with E-state index in [4.69, 9.17) is 0 Å². The molecule has 3 heteroatoms. The Morgan fingerprint density at radius 3 is 1.83 bits per heavy atom. The number of amides is 2. The first-order valence-corrected chi connectivity index (χ1v) is 4.57. The van der Waals surface area contributed by atoms with E-state index in [0.29, 0.717) is 5.92 Å². The Labute approximate surface area is 75.3 Å². The van der Waals surface area contributed by atoms with Crippen molar-refractivity contribution >= 4 is 6.03 Å². The molecule has 1 aliphatic rings. The van der Waals surface area contributed by atoms with Crippen molar-refractivity contribution in [3.63, 3.8) is 0 Å². The molecule has 0 aromatic rings. The van der Waals surface area contributed by atoms with Crippen molar-refractivity contribution in [2.45, 2.75) is 20.8 Å². The summed E-state index contributed by atoms with van der Waals surface area (Å²) in [7, 11) is 3.68. The maximum absolute atomic E-state index is 11.1. The van der Waals surface area contributed by atoms with Crippen LogP contribution < -0.4 is 0 Å². The minimum atomic E-state index is 0.137. The average molecular weight is 172 g/mol. The highest BCUT2D eigenvalue weighted by Crippen LogP contribution is 2.09. The molecule has 0 N–H and O–H groups in total. The summed E-state index contributed by atoms with van der Waals surface area (Å²) in [6.07, 6.45) is 0. The molecular weight excluding hydrogens is 152 g/mol.